The minimum Gasteiger partial charge on any atom is -0.504 e. The first-order chi connectivity index (χ1) is 14.8. The zero-order valence-electron chi connectivity index (χ0n) is 15.7. The van der Waals surface area contributed by atoms with Gasteiger partial charge in [0.2, 0.25) is 12.0 Å². The van der Waals surface area contributed by atoms with Crippen LogP contribution in [0.25, 0.3) is 22.3 Å². The van der Waals surface area contributed by atoms with Gasteiger partial charge in [-0.2, -0.15) is 0 Å². The first-order valence-corrected chi connectivity index (χ1v) is 9.32. The van der Waals surface area contributed by atoms with E-state index in [1.165, 1.54) is 6.07 Å². The van der Waals surface area contributed by atoms with Crippen molar-refractivity contribution in [3.05, 3.63) is 52.7 Å². The predicted molar refractivity (Wildman–Crippen MR) is 102 cm³/mol. The lowest BCUT2D eigenvalue weighted by Crippen LogP contribution is -2.55. The molecule has 5 rings (SSSR count). The summed E-state index contributed by atoms with van der Waals surface area (Å²) < 4.78 is 21.3. The third kappa shape index (κ3) is 3.00. The summed E-state index contributed by atoms with van der Waals surface area (Å²) in [5, 5.41) is 40.7. The van der Waals surface area contributed by atoms with E-state index in [-0.39, 0.29) is 22.5 Å². The van der Waals surface area contributed by atoms with Crippen LogP contribution in [0.5, 0.6) is 17.2 Å². The molecule has 5 unspecified atom stereocenters. The van der Waals surface area contributed by atoms with E-state index in [0.717, 1.165) is 6.07 Å². The average molecular weight is 428 g/mol. The van der Waals surface area contributed by atoms with Crippen molar-refractivity contribution in [3.8, 4) is 28.6 Å². The Morgan fingerprint density at radius 2 is 1.68 bits per heavy atom. The fourth-order valence-corrected chi connectivity index (χ4v) is 3.70. The summed E-state index contributed by atoms with van der Waals surface area (Å²) in [7, 11) is 0. The zero-order chi connectivity index (χ0) is 21.9. The molecule has 3 heterocycles. The first-order valence-electron chi connectivity index (χ1n) is 9.32. The number of carbonyl (C=O) groups excluding carboxylic acids is 1. The van der Waals surface area contributed by atoms with Gasteiger partial charge in [0.1, 0.15) is 22.8 Å². The maximum atomic E-state index is 12.5. The number of rotatable bonds is 3. The molecule has 4 N–H and O–H groups in total. The van der Waals surface area contributed by atoms with Crippen LogP contribution in [0.3, 0.4) is 0 Å². The number of aliphatic hydroxyl groups is 2. The van der Waals surface area contributed by atoms with Crippen molar-refractivity contribution in [1.29, 1.82) is 0 Å². The molecule has 10 heteroatoms. The van der Waals surface area contributed by atoms with Gasteiger partial charge in [-0.15, -0.1) is 0 Å². The second kappa shape index (κ2) is 6.98. The third-order valence-electron chi connectivity index (χ3n) is 5.26. The molecule has 2 aliphatic heterocycles. The van der Waals surface area contributed by atoms with Crippen molar-refractivity contribution in [2.75, 3.05) is 0 Å². The summed E-state index contributed by atoms with van der Waals surface area (Å²) in [5.74, 6) is -2.56. The Bertz CT molecular complexity index is 1230. The topological polar surface area (TPSA) is 156 Å². The van der Waals surface area contributed by atoms with Gasteiger partial charge in [0.25, 0.3) is 0 Å². The second-order valence-corrected chi connectivity index (χ2v) is 7.21. The number of hydrogen-bond donors (Lipinski definition) is 4. The highest BCUT2D eigenvalue weighted by molar-refractivity contribution is 5.89. The van der Waals surface area contributed by atoms with E-state index in [1.807, 2.05) is 0 Å². The quantitative estimate of drug-likeness (QED) is 0.344. The van der Waals surface area contributed by atoms with Gasteiger partial charge in [0.05, 0.1) is 0 Å². The molecule has 0 aliphatic carbocycles. The fraction of sp³-hybridized carbons (Fsp3) is 0.238. The second-order valence-electron chi connectivity index (χ2n) is 7.21. The highest BCUT2D eigenvalue weighted by Gasteiger charge is 2.57. The Labute approximate surface area is 173 Å². The van der Waals surface area contributed by atoms with E-state index < -0.39 is 53.6 Å². The Balaban J connectivity index is 1.56. The number of esters is 1. The SMILES string of the molecule is O=C1OC2C(O)C(Oc3cc4oc(-c5ccccc5)cc(=O)c4c(O)c3O)OC1C2O. The summed E-state index contributed by atoms with van der Waals surface area (Å²) in [6, 6.07) is 11.1. The smallest absolute Gasteiger partial charge is 0.338 e. The molecule has 31 heavy (non-hydrogen) atoms. The Hall–Kier alpha value is -3.60. The van der Waals surface area contributed by atoms with E-state index in [2.05, 4.69) is 0 Å². The molecule has 3 aromatic rings. The number of fused-ring (bicyclic) bond motifs is 3. The number of phenolic OH excluding ortho intramolecular Hbond substituents is 2. The molecule has 0 amide bonds. The number of phenols is 2. The highest BCUT2D eigenvalue weighted by atomic mass is 16.7. The van der Waals surface area contributed by atoms with Crippen molar-refractivity contribution in [2.24, 2.45) is 0 Å². The molecule has 2 aromatic carbocycles. The number of benzene rings is 2. The van der Waals surface area contributed by atoms with E-state index >= 15 is 0 Å². The summed E-state index contributed by atoms with van der Waals surface area (Å²) in [6.45, 7) is 0. The monoisotopic (exact) mass is 428 g/mol. The summed E-state index contributed by atoms with van der Waals surface area (Å²) in [5.41, 5.74) is -0.0605. The Kier molecular flexibility index (Phi) is 4.36. The molecular weight excluding hydrogens is 412 g/mol. The van der Waals surface area contributed by atoms with Crippen molar-refractivity contribution in [1.82, 2.24) is 0 Å². The van der Waals surface area contributed by atoms with Crippen LogP contribution in [0.15, 0.2) is 51.7 Å². The minimum atomic E-state index is -1.57. The number of hydrogen-bond acceptors (Lipinski definition) is 10. The van der Waals surface area contributed by atoms with Gasteiger partial charge in [0.15, 0.2) is 35.2 Å². The highest BCUT2D eigenvalue weighted by Crippen LogP contribution is 2.43. The number of aliphatic hydroxyl groups excluding tert-OH is 2. The van der Waals surface area contributed by atoms with E-state index in [1.54, 1.807) is 30.3 Å². The predicted octanol–water partition coefficient (Wildman–Crippen LogP) is 0.622. The van der Waals surface area contributed by atoms with Gasteiger partial charge in [-0.05, 0) is 0 Å². The molecule has 2 aliphatic rings. The molecule has 5 atom stereocenters. The van der Waals surface area contributed by atoms with Gasteiger partial charge < -0.3 is 39.1 Å². The lowest BCUT2D eigenvalue weighted by molar-refractivity contribution is -0.231. The van der Waals surface area contributed by atoms with Crippen LogP contribution in [-0.4, -0.2) is 57.1 Å². The van der Waals surface area contributed by atoms with Crippen molar-refractivity contribution in [2.45, 2.75) is 30.7 Å². The van der Waals surface area contributed by atoms with E-state index in [9.17, 15) is 30.0 Å². The summed E-state index contributed by atoms with van der Waals surface area (Å²) in [6.07, 6.45) is -7.08. The molecule has 0 spiro atoms. The largest absolute Gasteiger partial charge is 0.504 e. The average Bonchev–Trinajstić information content (AvgIpc) is 2.96. The molecule has 0 saturated carbocycles. The standard InChI is InChI=1S/C21H16O10/c22-9-6-10(8-4-2-1-3-5-8)28-11-7-12(14(23)15(24)13(9)11)29-21-17(26)18-16(25)19(31-21)20(27)30-18/h1-7,16-19,21,23-26H. The van der Waals surface area contributed by atoms with Crippen LogP contribution >= 0.6 is 0 Å². The fourth-order valence-electron chi connectivity index (χ4n) is 3.70. The molecule has 2 fully saturated rings. The Morgan fingerprint density at radius 3 is 2.42 bits per heavy atom. The van der Waals surface area contributed by atoms with Crippen LogP contribution in [0, 0.1) is 0 Å². The Morgan fingerprint density at radius 1 is 0.935 bits per heavy atom. The van der Waals surface area contributed by atoms with Crippen LogP contribution in [0.1, 0.15) is 0 Å². The van der Waals surface area contributed by atoms with Crippen LogP contribution in [0.4, 0.5) is 0 Å². The molecule has 2 bridgehead atoms. The third-order valence-corrected chi connectivity index (χ3v) is 5.26. The van der Waals surface area contributed by atoms with Crippen LogP contribution < -0.4 is 10.2 Å². The summed E-state index contributed by atoms with van der Waals surface area (Å²) >= 11 is 0. The maximum Gasteiger partial charge on any atom is 0.338 e. The van der Waals surface area contributed by atoms with Gasteiger partial charge in [-0.1, -0.05) is 30.3 Å². The normalized spacial score (nSPS) is 27.3. The van der Waals surface area contributed by atoms with Crippen LogP contribution in [0.2, 0.25) is 0 Å². The molecule has 160 valence electrons. The van der Waals surface area contributed by atoms with E-state index in [0.29, 0.717) is 5.56 Å². The van der Waals surface area contributed by atoms with Crippen LogP contribution in [-0.2, 0) is 14.3 Å². The van der Waals surface area contributed by atoms with E-state index in [4.69, 9.17) is 18.6 Å². The van der Waals surface area contributed by atoms with Gasteiger partial charge in [-0.3, -0.25) is 4.79 Å². The molecule has 1 aromatic heterocycles. The summed E-state index contributed by atoms with van der Waals surface area (Å²) in [4.78, 5) is 24.2. The molecule has 0 radical (unpaired) electrons. The molecule has 2 saturated heterocycles. The first kappa shape index (κ1) is 19.4. The molecular formula is C21H16O10. The van der Waals surface area contributed by atoms with Crippen molar-refractivity contribution >= 4 is 16.9 Å². The zero-order valence-corrected chi connectivity index (χ0v) is 15.7. The van der Waals surface area contributed by atoms with Crippen molar-refractivity contribution < 1.29 is 43.8 Å². The van der Waals surface area contributed by atoms with Gasteiger partial charge in [0, 0.05) is 17.7 Å². The van der Waals surface area contributed by atoms with Crippen molar-refractivity contribution in [3.63, 3.8) is 0 Å². The maximum absolute atomic E-state index is 12.5. The lowest BCUT2D eigenvalue weighted by Gasteiger charge is -2.33. The minimum absolute atomic E-state index is 0.0858. The van der Waals surface area contributed by atoms with Gasteiger partial charge in [-0.25, -0.2) is 4.79 Å². The number of aromatic hydroxyl groups is 2. The lowest BCUT2D eigenvalue weighted by atomic mass is 10.0. The number of carbonyl (C=O) groups is 1. The van der Waals surface area contributed by atoms with Gasteiger partial charge >= 0.3 is 5.97 Å². The number of ether oxygens (including phenoxy) is 3. The molecule has 10 nitrogen and oxygen atoms in total.